The molecule has 2 aromatic rings. The van der Waals surface area contributed by atoms with Crippen molar-refractivity contribution in [3.8, 4) is 0 Å². The van der Waals surface area contributed by atoms with E-state index in [-0.39, 0.29) is 11.9 Å². The number of H-pyrrole nitrogens is 1. The van der Waals surface area contributed by atoms with Crippen LogP contribution in [0.25, 0.3) is 10.9 Å². The smallest absolute Gasteiger partial charge is 0.270 e. The van der Waals surface area contributed by atoms with E-state index in [4.69, 9.17) is 17.3 Å². The molecule has 4 nitrogen and oxygen atoms in total. The molecule has 2 heterocycles. The molecule has 1 aromatic heterocycles. The maximum Gasteiger partial charge on any atom is 0.270 e. The first-order valence-corrected chi connectivity index (χ1v) is 6.34. The van der Waals surface area contributed by atoms with E-state index in [9.17, 15) is 4.79 Å². The minimum atomic E-state index is 0.00951. The maximum absolute atomic E-state index is 12.3. The van der Waals surface area contributed by atoms with E-state index in [0.29, 0.717) is 17.3 Å². The molecule has 3 rings (SSSR count). The molecule has 1 aliphatic rings. The number of nitrogens with one attached hydrogen (secondary N) is 1. The fraction of sp³-hybridized carbons (Fsp3) is 0.308. The Kier molecular flexibility index (Phi) is 2.76. The highest BCUT2D eigenvalue weighted by Gasteiger charge is 2.25. The third-order valence-electron chi connectivity index (χ3n) is 3.33. The van der Waals surface area contributed by atoms with Crippen molar-refractivity contribution in [1.82, 2.24) is 9.88 Å². The number of benzene rings is 1. The van der Waals surface area contributed by atoms with Crippen LogP contribution in [0.15, 0.2) is 24.3 Å². The predicted molar refractivity (Wildman–Crippen MR) is 71.8 cm³/mol. The fourth-order valence-electron chi connectivity index (χ4n) is 2.36. The van der Waals surface area contributed by atoms with Crippen LogP contribution in [-0.2, 0) is 0 Å². The molecular formula is C13H14ClN3O. The molecule has 3 N–H and O–H groups in total. The molecule has 0 saturated carbocycles. The standard InChI is InChI=1S/C13H14ClN3O/c14-9-1-2-11-8(5-9)6-12(16-11)13(18)17-4-3-10(15)7-17/h1-2,5-6,10,16H,3-4,7,15H2. The summed E-state index contributed by atoms with van der Waals surface area (Å²) in [7, 11) is 0. The first kappa shape index (κ1) is 11.6. The van der Waals surface area contributed by atoms with Gasteiger partial charge in [0.05, 0.1) is 0 Å². The summed E-state index contributed by atoms with van der Waals surface area (Å²) in [4.78, 5) is 17.2. The number of halogens is 1. The highest BCUT2D eigenvalue weighted by molar-refractivity contribution is 6.31. The van der Waals surface area contributed by atoms with E-state index in [1.807, 2.05) is 18.2 Å². The van der Waals surface area contributed by atoms with Gasteiger partial charge >= 0.3 is 0 Å². The largest absolute Gasteiger partial charge is 0.351 e. The highest BCUT2D eigenvalue weighted by Crippen LogP contribution is 2.21. The molecule has 94 valence electrons. The van der Waals surface area contributed by atoms with Gasteiger partial charge in [0, 0.05) is 35.1 Å². The number of likely N-dealkylation sites (tertiary alicyclic amines) is 1. The summed E-state index contributed by atoms with van der Waals surface area (Å²) >= 11 is 5.93. The van der Waals surface area contributed by atoms with Crippen LogP contribution in [0.1, 0.15) is 16.9 Å². The molecule has 1 amide bonds. The van der Waals surface area contributed by atoms with E-state index in [1.165, 1.54) is 0 Å². The molecule has 0 bridgehead atoms. The van der Waals surface area contributed by atoms with Gasteiger partial charge in [0.15, 0.2) is 0 Å². The second kappa shape index (κ2) is 4.30. The zero-order valence-electron chi connectivity index (χ0n) is 9.82. The summed E-state index contributed by atoms with van der Waals surface area (Å²) in [5.41, 5.74) is 7.34. The highest BCUT2D eigenvalue weighted by atomic mass is 35.5. The zero-order valence-corrected chi connectivity index (χ0v) is 10.6. The summed E-state index contributed by atoms with van der Waals surface area (Å²) in [5, 5.41) is 1.62. The Labute approximate surface area is 110 Å². The Morgan fingerprint density at radius 1 is 1.44 bits per heavy atom. The summed E-state index contributed by atoms with van der Waals surface area (Å²) in [6, 6.07) is 7.48. The van der Waals surface area contributed by atoms with Crippen molar-refractivity contribution >= 4 is 28.4 Å². The van der Waals surface area contributed by atoms with Crippen molar-refractivity contribution < 1.29 is 4.79 Å². The van der Waals surface area contributed by atoms with Gasteiger partial charge in [-0.05, 0) is 30.7 Å². The van der Waals surface area contributed by atoms with Gasteiger partial charge in [0.1, 0.15) is 5.69 Å². The van der Waals surface area contributed by atoms with Crippen LogP contribution in [-0.4, -0.2) is 34.9 Å². The molecule has 0 spiro atoms. The molecule has 1 aliphatic heterocycles. The minimum absolute atomic E-state index is 0.00951. The summed E-state index contributed by atoms with van der Waals surface area (Å²) in [5.74, 6) is 0.00951. The normalized spacial score (nSPS) is 19.7. The molecule has 18 heavy (non-hydrogen) atoms. The third kappa shape index (κ3) is 1.98. The van der Waals surface area contributed by atoms with Crippen molar-refractivity contribution in [3.63, 3.8) is 0 Å². The lowest BCUT2D eigenvalue weighted by Crippen LogP contribution is -2.32. The molecule has 1 atom stereocenters. The lowest BCUT2D eigenvalue weighted by molar-refractivity contribution is 0.0786. The molecular weight excluding hydrogens is 250 g/mol. The first-order chi connectivity index (χ1) is 8.63. The van der Waals surface area contributed by atoms with Crippen LogP contribution in [0.3, 0.4) is 0 Å². The minimum Gasteiger partial charge on any atom is -0.351 e. The van der Waals surface area contributed by atoms with E-state index in [2.05, 4.69) is 4.98 Å². The van der Waals surface area contributed by atoms with Crippen LogP contribution >= 0.6 is 11.6 Å². The van der Waals surface area contributed by atoms with E-state index in [0.717, 1.165) is 23.9 Å². The van der Waals surface area contributed by atoms with Crippen molar-refractivity contribution in [3.05, 3.63) is 35.0 Å². The van der Waals surface area contributed by atoms with E-state index < -0.39 is 0 Å². The molecule has 1 unspecified atom stereocenters. The number of nitrogens with two attached hydrogens (primary N) is 1. The lowest BCUT2D eigenvalue weighted by atomic mass is 10.2. The average Bonchev–Trinajstić information content (AvgIpc) is 2.93. The van der Waals surface area contributed by atoms with Crippen molar-refractivity contribution in [2.24, 2.45) is 5.73 Å². The molecule has 1 saturated heterocycles. The van der Waals surface area contributed by atoms with E-state index in [1.54, 1.807) is 11.0 Å². The molecule has 5 heteroatoms. The monoisotopic (exact) mass is 263 g/mol. The van der Waals surface area contributed by atoms with Gasteiger partial charge in [-0.15, -0.1) is 0 Å². The number of carbonyl (C=O) groups excluding carboxylic acids is 1. The number of hydrogen-bond donors (Lipinski definition) is 2. The summed E-state index contributed by atoms with van der Waals surface area (Å²) in [6.07, 6.45) is 0.873. The Hall–Kier alpha value is -1.52. The van der Waals surface area contributed by atoms with Gasteiger partial charge < -0.3 is 15.6 Å². The number of carbonyl (C=O) groups is 1. The van der Waals surface area contributed by atoms with Gasteiger partial charge in [0.2, 0.25) is 0 Å². The summed E-state index contributed by atoms with van der Waals surface area (Å²) < 4.78 is 0. The number of nitrogens with zero attached hydrogens (tertiary/aromatic N) is 1. The number of aromatic nitrogens is 1. The number of amides is 1. The zero-order chi connectivity index (χ0) is 12.7. The van der Waals surface area contributed by atoms with Gasteiger partial charge in [-0.25, -0.2) is 0 Å². The number of fused-ring (bicyclic) bond motifs is 1. The fourth-order valence-corrected chi connectivity index (χ4v) is 2.54. The van der Waals surface area contributed by atoms with Crippen molar-refractivity contribution in [2.75, 3.05) is 13.1 Å². The third-order valence-corrected chi connectivity index (χ3v) is 3.56. The maximum atomic E-state index is 12.3. The molecule has 1 fully saturated rings. The lowest BCUT2D eigenvalue weighted by Gasteiger charge is -2.14. The molecule has 0 radical (unpaired) electrons. The van der Waals surface area contributed by atoms with Crippen molar-refractivity contribution in [1.29, 1.82) is 0 Å². The van der Waals surface area contributed by atoms with Crippen LogP contribution in [0, 0.1) is 0 Å². The molecule has 1 aromatic carbocycles. The van der Waals surface area contributed by atoms with Crippen molar-refractivity contribution in [2.45, 2.75) is 12.5 Å². The van der Waals surface area contributed by atoms with Gasteiger partial charge in [-0.1, -0.05) is 11.6 Å². The first-order valence-electron chi connectivity index (χ1n) is 5.96. The van der Waals surface area contributed by atoms with Crippen LogP contribution in [0.4, 0.5) is 0 Å². The Bertz CT molecular complexity index is 607. The predicted octanol–water partition coefficient (Wildman–Crippen LogP) is 1.99. The Balaban J connectivity index is 1.92. The Morgan fingerprint density at radius 2 is 2.28 bits per heavy atom. The SMILES string of the molecule is NC1CCN(C(=O)c2cc3cc(Cl)ccc3[nH]2)C1. The van der Waals surface area contributed by atoms with Crippen LogP contribution in [0.2, 0.25) is 5.02 Å². The number of rotatable bonds is 1. The number of hydrogen-bond acceptors (Lipinski definition) is 2. The molecule has 0 aliphatic carbocycles. The second-order valence-corrected chi connectivity index (χ2v) is 5.15. The second-order valence-electron chi connectivity index (χ2n) is 4.71. The van der Waals surface area contributed by atoms with Crippen LogP contribution < -0.4 is 5.73 Å². The van der Waals surface area contributed by atoms with Crippen LogP contribution in [0.5, 0.6) is 0 Å². The number of aromatic amines is 1. The topological polar surface area (TPSA) is 62.1 Å². The Morgan fingerprint density at radius 3 is 3.00 bits per heavy atom. The van der Waals surface area contributed by atoms with Gasteiger partial charge in [0.25, 0.3) is 5.91 Å². The average molecular weight is 264 g/mol. The van der Waals surface area contributed by atoms with E-state index >= 15 is 0 Å². The summed E-state index contributed by atoms with van der Waals surface area (Å²) in [6.45, 7) is 1.37. The van der Waals surface area contributed by atoms with Gasteiger partial charge in [-0.2, -0.15) is 0 Å². The quantitative estimate of drug-likeness (QED) is 0.827. The van der Waals surface area contributed by atoms with Gasteiger partial charge in [-0.3, -0.25) is 4.79 Å².